The van der Waals surface area contributed by atoms with Crippen LogP contribution in [-0.2, 0) is 32.9 Å². The molecule has 0 saturated carbocycles. The van der Waals surface area contributed by atoms with Gasteiger partial charge < -0.3 is 0 Å². The molecule has 0 saturated heterocycles. The third-order valence-electron chi connectivity index (χ3n) is 5.17. The molecule has 3 aromatic rings. The molecule has 0 aliphatic heterocycles. The van der Waals surface area contributed by atoms with Gasteiger partial charge in [0.15, 0.2) is 0 Å². The van der Waals surface area contributed by atoms with Crippen molar-refractivity contribution in [3.8, 4) is 0 Å². The van der Waals surface area contributed by atoms with Gasteiger partial charge in [0, 0.05) is 11.4 Å². The zero-order valence-electron chi connectivity index (χ0n) is 17.8. The van der Waals surface area contributed by atoms with Gasteiger partial charge in [-0.15, -0.1) is 0 Å². The van der Waals surface area contributed by atoms with Crippen molar-refractivity contribution in [1.82, 2.24) is 0 Å². The maximum atomic E-state index is 11.7. The molecule has 166 valence electrons. The average molecular weight is 469 g/mol. The quantitative estimate of drug-likeness (QED) is 0.589. The molecule has 2 N–H and O–H groups in total. The van der Waals surface area contributed by atoms with Gasteiger partial charge >= 0.3 is 0 Å². The Morgan fingerprint density at radius 2 is 1.31 bits per heavy atom. The van der Waals surface area contributed by atoms with E-state index in [1.165, 1.54) is 5.56 Å². The minimum Gasteiger partial charge on any atom is -0.284 e. The van der Waals surface area contributed by atoms with Crippen molar-refractivity contribution in [3.05, 3.63) is 94.5 Å². The van der Waals surface area contributed by atoms with E-state index in [9.17, 15) is 16.8 Å². The maximum Gasteiger partial charge on any atom is 0.229 e. The number of hydrogen-bond donors (Lipinski definition) is 2. The Morgan fingerprint density at radius 3 is 2.03 bits per heavy atom. The lowest BCUT2D eigenvalue weighted by Crippen LogP contribution is -2.10. The predicted octanol–water partition coefficient (Wildman–Crippen LogP) is 4.12. The summed E-state index contributed by atoms with van der Waals surface area (Å²) in [6, 6.07) is 21.0. The van der Waals surface area contributed by atoms with Crippen LogP contribution in [-0.4, -0.2) is 29.3 Å². The van der Waals surface area contributed by atoms with E-state index in [0.717, 1.165) is 53.2 Å². The molecule has 0 atom stereocenters. The molecule has 0 amide bonds. The van der Waals surface area contributed by atoms with Crippen LogP contribution in [0.2, 0.25) is 0 Å². The van der Waals surface area contributed by atoms with Crippen molar-refractivity contribution in [2.24, 2.45) is 0 Å². The predicted molar refractivity (Wildman–Crippen MR) is 131 cm³/mol. The number of nitrogens with one attached hydrogen (secondary N) is 2. The zero-order valence-corrected chi connectivity index (χ0v) is 19.4. The van der Waals surface area contributed by atoms with Gasteiger partial charge in [0.2, 0.25) is 20.0 Å². The summed E-state index contributed by atoms with van der Waals surface area (Å²) in [5.41, 5.74) is 7.29. The van der Waals surface area contributed by atoms with E-state index in [-0.39, 0.29) is 0 Å². The van der Waals surface area contributed by atoms with Gasteiger partial charge in [-0.3, -0.25) is 9.44 Å². The molecule has 0 radical (unpaired) electrons. The van der Waals surface area contributed by atoms with Crippen LogP contribution in [0.15, 0.2) is 66.7 Å². The van der Waals surface area contributed by atoms with E-state index >= 15 is 0 Å². The van der Waals surface area contributed by atoms with Crippen LogP contribution in [0.5, 0.6) is 0 Å². The van der Waals surface area contributed by atoms with Gasteiger partial charge in [-0.2, -0.15) is 0 Å². The average Bonchev–Trinajstić information content (AvgIpc) is 2.83. The molecule has 4 rings (SSSR count). The van der Waals surface area contributed by atoms with Crippen LogP contribution in [0.3, 0.4) is 0 Å². The number of aryl methyl sites for hydroxylation is 2. The molecule has 0 spiro atoms. The summed E-state index contributed by atoms with van der Waals surface area (Å²) >= 11 is 0. The normalized spacial score (nSPS) is 14.9. The van der Waals surface area contributed by atoms with Crippen molar-refractivity contribution >= 4 is 43.1 Å². The van der Waals surface area contributed by atoms with E-state index < -0.39 is 20.0 Å². The van der Waals surface area contributed by atoms with Crippen LogP contribution < -0.4 is 9.44 Å². The second-order valence-electron chi connectivity index (χ2n) is 7.96. The van der Waals surface area contributed by atoms with Crippen LogP contribution in [0.4, 0.5) is 11.4 Å². The highest BCUT2D eigenvalue weighted by Gasteiger charge is 2.19. The van der Waals surface area contributed by atoms with Gasteiger partial charge in [0.05, 0.1) is 12.5 Å². The van der Waals surface area contributed by atoms with Gasteiger partial charge in [-0.25, -0.2) is 16.8 Å². The molecule has 1 aliphatic carbocycles. The number of fused-ring (bicyclic) bond motifs is 2. The van der Waals surface area contributed by atoms with Crippen LogP contribution >= 0.6 is 0 Å². The Kier molecular flexibility index (Phi) is 5.83. The lowest BCUT2D eigenvalue weighted by molar-refractivity contribution is 0.605. The Hall–Kier alpha value is -3.10. The first-order valence-corrected chi connectivity index (χ1v) is 13.8. The summed E-state index contributed by atoms with van der Waals surface area (Å²) in [5.74, 6) is 0. The number of hydrogen-bond acceptors (Lipinski definition) is 4. The first-order chi connectivity index (χ1) is 15.1. The van der Waals surface area contributed by atoms with Gasteiger partial charge in [0.25, 0.3) is 0 Å². The van der Waals surface area contributed by atoms with Crippen LogP contribution in [0.1, 0.15) is 27.8 Å². The first-order valence-electron chi connectivity index (χ1n) is 10.1. The Labute approximate surface area is 189 Å². The first kappa shape index (κ1) is 22.1. The third kappa shape index (κ3) is 5.38. The summed E-state index contributed by atoms with van der Waals surface area (Å²) < 4.78 is 51.7. The highest BCUT2D eigenvalue weighted by atomic mass is 32.2. The zero-order chi connectivity index (χ0) is 22.9. The molecule has 6 nitrogen and oxygen atoms in total. The highest BCUT2D eigenvalue weighted by Crippen LogP contribution is 2.36. The molecular weight excluding hydrogens is 444 g/mol. The molecular formula is C24H24N2O4S2. The number of anilines is 2. The topological polar surface area (TPSA) is 92.3 Å². The van der Waals surface area contributed by atoms with Gasteiger partial charge in [-0.05, 0) is 76.6 Å². The maximum absolute atomic E-state index is 11.7. The number of rotatable bonds is 5. The Balaban J connectivity index is 1.85. The molecule has 1 aliphatic rings. The van der Waals surface area contributed by atoms with E-state index in [0.29, 0.717) is 11.4 Å². The fraction of sp³-hybridized carbons (Fsp3) is 0.167. The minimum atomic E-state index is -3.38. The molecule has 8 heteroatoms. The Bertz CT molecular complexity index is 1430. The fourth-order valence-corrected chi connectivity index (χ4v) is 5.09. The van der Waals surface area contributed by atoms with Crippen molar-refractivity contribution < 1.29 is 16.8 Å². The van der Waals surface area contributed by atoms with Crippen molar-refractivity contribution in [2.75, 3.05) is 22.0 Å². The molecule has 0 fully saturated rings. The van der Waals surface area contributed by atoms with Gasteiger partial charge in [0.1, 0.15) is 0 Å². The third-order valence-corrected chi connectivity index (χ3v) is 6.38. The molecule has 3 aromatic carbocycles. The van der Waals surface area contributed by atoms with E-state index in [1.54, 1.807) is 18.2 Å². The molecule has 0 bridgehead atoms. The molecule has 0 unspecified atom stereocenters. The van der Waals surface area contributed by atoms with Crippen LogP contribution in [0.25, 0.3) is 11.6 Å². The summed E-state index contributed by atoms with van der Waals surface area (Å²) in [7, 11) is -6.75. The smallest absolute Gasteiger partial charge is 0.229 e. The summed E-state index contributed by atoms with van der Waals surface area (Å²) in [4.78, 5) is 0. The van der Waals surface area contributed by atoms with Crippen molar-refractivity contribution in [1.29, 1.82) is 0 Å². The largest absolute Gasteiger partial charge is 0.284 e. The Morgan fingerprint density at radius 1 is 0.688 bits per heavy atom. The molecule has 0 aromatic heterocycles. The minimum absolute atomic E-state index is 0.497. The second-order valence-corrected chi connectivity index (χ2v) is 11.5. The van der Waals surface area contributed by atoms with E-state index in [2.05, 4.69) is 21.6 Å². The van der Waals surface area contributed by atoms with E-state index in [4.69, 9.17) is 0 Å². The van der Waals surface area contributed by atoms with Gasteiger partial charge in [-0.1, -0.05) is 42.5 Å². The van der Waals surface area contributed by atoms with Crippen molar-refractivity contribution in [3.63, 3.8) is 0 Å². The highest BCUT2D eigenvalue weighted by molar-refractivity contribution is 7.92. The number of sulfonamides is 2. The monoisotopic (exact) mass is 468 g/mol. The van der Waals surface area contributed by atoms with Crippen LogP contribution in [0, 0.1) is 0 Å². The molecule has 32 heavy (non-hydrogen) atoms. The fourth-order valence-electron chi connectivity index (χ4n) is 3.98. The summed E-state index contributed by atoms with van der Waals surface area (Å²) in [6.07, 6.45) is 5.91. The summed E-state index contributed by atoms with van der Waals surface area (Å²) in [5, 5.41) is 0. The second kappa shape index (κ2) is 8.44. The lowest BCUT2D eigenvalue weighted by Gasteiger charge is -2.14. The lowest BCUT2D eigenvalue weighted by atomic mass is 9.92. The van der Waals surface area contributed by atoms with Crippen molar-refractivity contribution in [2.45, 2.75) is 12.8 Å². The van der Waals surface area contributed by atoms with E-state index in [1.807, 2.05) is 42.5 Å². The standard InChI is InChI=1S/C24H24N2O4S2/c1-31(27,28)25-20-8-5-6-17(14-20)15-24-22-9-4-3-7-18(22)10-11-19-16-21(12-13-23(19)24)26-32(2,29)30/h3-9,12-16,25-26H,10-11H2,1-2H3/b24-15+. The summed E-state index contributed by atoms with van der Waals surface area (Å²) in [6.45, 7) is 0. The SMILES string of the molecule is CS(=O)(=O)Nc1cccc(/C=C2\c3ccccc3CCc3cc(NS(C)(=O)=O)ccc32)c1. The number of benzene rings is 3. The molecule has 0 heterocycles.